The van der Waals surface area contributed by atoms with Crippen molar-refractivity contribution in [3.63, 3.8) is 0 Å². The summed E-state index contributed by atoms with van der Waals surface area (Å²) in [5, 5.41) is 0. The number of benzene rings is 1. The lowest BCUT2D eigenvalue weighted by Crippen LogP contribution is -2.29. The summed E-state index contributed by atoms with van der Waals surface area (Å²) in [6.07, 6.45) is 3.12. The number of halogens is 2. The third kappa shape index (κ3) is 3.65. The summed E-state index contributed by atoms with van der Waals surface area (Å²) in [4.78, 5) is 4.03. The maximum atomic E-state index is 12.5. The molecule has 112 valence electrons. The van der Waals surface area contributed by atoms with Gasteiger partial charge in [-0.15, -0.1) is 0 Å². The van der Waals surface area contributed by atoms with Crippen LogP contribution in [0.25, 0.3) is 0 Å². The average molecular weight is 295 g/mol. The van der Waals surface area contributed by atoms with E-state index in [1.165, 1.54) is 13.2 Å². The molecule has 0 saturated heterocycles. The molecule has 0 spiro atoms. The third-order valence-electron chi connectivity index (χ3n) is 2.92. The quantitative estimate of drug-likeness (QED) is 0.632. The van der Waals surface area contributed by atoms with E-state index < -0.39 is 12.7 Å². The zero-order chi connectivity index (χ0) is 15.2. The molecule has 21 heavy (non-hydrogen) atoms. The lowest BCUT2D eigenvalue weighted by Gasteiger charge is -2.20. The number of nitrogens with two attached hydrogens (primary N) is 1. The highest BCUT2D eigenvalue weighted by atomic mass is 19.3. The second-order valence-electron chi connectivity index (χ2n) is 4.17. The van der Waals surface area contributed by atoms with Crippen molar-refractivity contribution in [1.82, 2.24) is 10.4 Å². The third-order valence-corrected chi connectivity index (χ3v) is 2.92. The van der Waals surface area contributed by atoms with Crippen LogP contribution in [0.15, 0.2) is 42.7 Å². The van der Waals surface area contributed by atoms with Crippen LogP contribution < -0.4 is 20.7 Å². The van der Waals surface area contributed by atoms with Crippen LogP contribution in [0.2, 0.25) is 0 Å². The minimum Gasteiger partial charge on any atom is -0.495 e. The summed E-state index contributed by atoms with van der Waals surface area (Å²) in [5.41, 5.74) is 3.73. The number of pyridine rings is 1. The molecule has 1 heterocycles. The highest BCUT2D eigenvalue weighted by Gasteiger charge is 2.19. The fourth-order valence-electron chi connectivity index (χ4n) is 1.99. The van der Waals surface area contributed by atoms with Gasteiger partial charge < -0.3 is 9.47 Å². The van der Waals surface area contributed by atoms with Crippen molar-refractivity contribution in [2.75, 3.05) is 7.11 Å². The lowest BCUT2D eigenvalue weighted by atomic mass is 10.00. The second-order valence-corrected chi connectivity index (χ2v) is 4.17. The molecule has 0 radical (unpaired) electrons. The van der Waals surface area contributed by atoms with Gasteiger partial charge in [-0.1, -0.05) is 18.2 Å². The Balaban J connectivity index is 2.41. The van der Waals surface area contributed by atoms with E-state index in [0.29, 0.717) is 16.9 Å². The smallest absolute Gasteiger partial charge is 0.387 e. The Morgan fingerprint density at radius 3 is 2.67 bits per heavy atom. The summed E-state index contributed by atoms with van der Waals surface area (Å²) in [6.45, 7) is -2.91. The molecule has 0 aliphatic rings. The van der Waals surface area contributed by atoms with Crippen molar-refractivity contribution in [1.29, 1.82) is 0 Å². The van der Waals surface area contributed by atoms with Gasteiger partial charge in [-0.2, -0.15) is 8.78 Å². The van der Waals surface area contributed by atoms with Crippen LogP contribution in [0, 0.1) is 0 Å². The summed E-state index contributed by atoms with van der Waals surface area (Å²) in [5.74, 6) is 6.16. The van der Waals surface area contributed by atoms with Crippen LogP contribution in [0.3, 0.4) is 0 Å². The Hall–Kier alpha value is -2.25. The van der Waals surface area contributed by atoms with E-state index in [1.807, 2.05) is 0 Å². The Bertz CT molecular complexity index is 596. The SMILES string of the molecule is COc1cncc(C(NN)c2ccccc2OC(F)F)c1. The number of hydrazine groups is 1. The zero-order valence-electron chi connectivity index (χ0n) is 11.3. The van der Waals surface area contributed by atoms with Gasteiger partial charge in [-0.25, -0.2) is 5.43 Å². The summed E-state index contributed by atoms with van der Waals surface area (Å²) >= 11 is 0. The first-order valence-electron chi connectivity index (χ1n) is 6.14. The Morgan fingerprint density at radius 2 is 2.00 bits per heavy atom. The van der Waals surface area contributed by atoms with E-state index in [-0.39, 0.29) is 5.75 Å². The Morgan fingerprint density at radius 1 is 1.24 bits per heavy atom. The number of aromatic nitrogens is 1. The molecular formula is C14H15F2N3O2. The van der Waals surface area contributed by atoms with Gasteiger partial charge in [0.15, 0.2) is 0 Å². The topological polar surface area (TPSA) is 69.4 Å². The zero-order valence-corrected chi connectivity index (χ0v) is 11.3. The van der Waals surface area contributed by atoms with Crippen molar-refractivity contribution in [3.8, 4) is 11.5 Å². The first kappa shape index (κ1) is 15.1. The fourth-order valence-corrected chi connectivity index (χ4v) is 1.99. The molecule has 2 aromatic rings. The van der Waals surface area contributed by atoms with Crippen LogP contribution in [-0.4, -0.2) is 18.7 Å². The van der Waals surface area contributed by atoms with Crippen molar-refractivity contribution in [2.24, 2.45) is 5.84 Å². The molecule has 1 atom stereocenters. The van der Waals surface area contributed by atoms with Gasteiger partial charge in [0.2, 0.25) is 0 Å². The molecule has 0 bridgehead atoms. The molecule has 0 aliphatic carbocycles. The maximum Gasteiger partial charge on any atom is 0.387 e. The minimum absolute atomic E-state index is 0.0540. The highest BCUT2D eigenvalue weighted by Crippen LogP contribution is 2.31. The van der Waals surface area contributed by atoms with Crippen LogP contribution in [0.1, 0.15) is 17.2 Å². The molecule has 0 saturated carbocycles. The van der Waals surface area contributed by atoms with Gasteiger partial charge >= 0.3 is 6.61 Å². The van der Waals surface area contributed by atoms with E-state index in [9.17, 15) is 8.78 Å². The number of para-hydroxylation sites is 1. The molecule has 2 rings (SSSR count). The average Bonchev–Trinajstić information content (AvgIpc) is 2.49. The van der Waals surface area contributed by atoms with Crippen LogP contribution in [0.4, 0.5) is 8.78 Å². The van der Waals surface area contributed by atoms with E-state index in [4.69, 9.17) is 10.6 Å². The van der Waals surface area contributed by atoms with Gasteiger partial charge in [0.1, 0.15) is 11.5 Å². The van der Waals surface area contributed by atoms with Crippen LogP contribution >= 0.6 is 0 Å². The molecule has 3 N–H and O–H groups in total. The Labute approximate surface area is 120 Å². The summed E-state index contributed by atoms with van der Waals surface area (Å²) in [6, 6.07) is 7.60. The standard InChI is InChI=1S/C14H15F2N3O2/c1-20-10-6-9(7-18-8-10)13(19-17)11-4-2-3-5-12(11)21-14(15)16/h2-8,13-14,19H,17H2,1H3. The number of ether oxygens (including phenoxy) is 2. The highest BCUT2D eigenvalue weighted by molar-refractivity contribution is 5.42. The van der Waals surface area contributed by atoms with E-state index in [1.54, 1.807) is 36.7 Å². The number of nitrogens with one attached hydrogen (secondary N) is 1. The monoisotopic (exact) mass is 295 g/mol. The van der Waals surface area contributed by atoms with Crippen LogP contribution in [-0.2, 0) is 0 Å². The molecular weight excluding hydrogens is 280 g/mol. The number of methoxy groups -OCH3 is 1. The summed E-state index contributed by atoms with van der Waals surface area (Å²) in [7, 11) is 1.51. The second kappa shape index (κ2) is 6.96. The maximum absolute atomic E-state index is 12.5. The lowest BCUT2D eigenvalue weighted by molar-refractivity contribution is -0.0506. The molecule has 0 amide bonds. The molecule has 1 unspecified atom stereocenters. The normalized spacial score (nSPS) is 12.2. The number of hydrogen-bond acceptors (Lipinski definition) is 5. The predicted molar refractivity (Wildman–Crippen MR) is 73.0 cm³/mol. The van der Waals surface area contributed by atoms with Crippen molar-refractivity contribution in [3.05, 3.63) is 53.9 Å². The fraction of sp³-hybridized carbons (Fsp3) is 0.214. The Kier molecular flexibility index (Phi) is 5.02. The molecule has 1 aromatic heterocycles. The van der Waals surface area contributed by atoms with E-state index in [0.717, 1.165) is 0 Å². The van der Waals surface area contributed by atoms with Crippen molar-refractivity contribution >= 4 is 0 Å². The molecule has 0 aliphatic heterocycles. The van der Waals surface area contributed by atoms with Gasteiger partial charge in [-0.05, 0) is 17.7 Å². The van der Waals surface area contributed by atoms with Gasteiger partial charge in [0.25, 0.3) is 0 Å². The first-order chi connectivity index (χ1) is 10.2. The van der Waals surface area contributed by atoms with Crippen molar-refractivity contribution < 1.29 is 18.3 Å². The minimum atomic E-state index is -2.91. The van der Waals surface area contributed by atoms with Crippen LogP contribution in [0.5, 0.6) is 11.5 Å². The largest absolute Gasteiger partial charge is 0.495 e. The number of hydrogen-bond donors (Lipinski definition) is 2. The van der Waals surface area contributed by atoms with Gasteiger partial charge in [0.05, 0.1) is 19.3 Å². The van der Waals surface area contributed by atoms with Gasteiger partial charge in [0, 0.05) is 11.8 Å². The summed E-state index contributed by atoms with van der Waals surface area (Å²) < 4.78 is 34.6. The number of nitrogens with zero attached hydrogens (tertiary/aromatic N) is 1. The first-order valence-corrected chi connectivity index (χ1v) is 6.14. The number of alkyl halides is 2. The number of rotatable bonds is 6. The van der Waals surface area contributed by atoms with E-state index >= 15 is 0 Å². The molecule has 5 nitrogen and oxygen atoms in total. The predicted octanol–water partition coefficient (Wildman–Crippen LogP) is 2.24. The molecule has 0 fully saturated rings. The van der Waals surface area contributed by atoms with E-state index in [2.05, 4.69) is 15.1 Å². The molecule has 7 heteroatoms. The van der Waals surface area contributed by atoms with Crippen molar-refractivity contribution in [2.45, 2.75) is 12.7 Å². The molecule has 1 aromatic carbocycles. The van der Waals surface area contributed by atoms with Gasteiger partial charge in [-0.3, -0.25) is 10.8 Å².